The lowest BCUT2D eigenvalue weighted by atomic mass is 9.95. The Kier molecular flexibility index (Phi) is 5.85. The van der Waals surface area contributed by atoms with Gasteiger partial charge in [0.25, 0.3) is 5.91 Å². The van der Waals surface area contributed by atoms with Crippen LogP contribution in [-0.2, 0) is 16.0 Å². The summed E-state index contributed by atoms with van der Waals surface area (Å²) in [6.07, 6.45) is 8.62. The van der Waals surface area contributed by atoms with Gasteiger partial charge in [0, 0.05) is 37.0 Å². The van der Waals surface area contributed by atoms with E-state index in [1.807, 2.05) is 12.4 Å². The first-order valence-electron chi connectivity index (χ1n) is 10.8. The fraction of sp³-hybridized carbons (Fsp3) is 0.292. The number of amides is 1. The van der Waals surface area contributed by atoms with Crippen molar-refractivity contribution in [2.24, 2.45) is 4.99 Å². The fourth-order valence-corrected chi connectivity index (χ4v) is 4.07. The molecule has 0 saturated carbocycles. The van der Waals surface area contributed by atoms with Gasteiger partial charge in [0.1, 0.15) is 5.71 Å². The molecular formula is C24H24N6O2. The Morgan fingerprint density at radius 2 is 1.91 bits per heavy atom. The van der Waals surface area contributed by atoms with E-state index in [9.17, 15) is 4.79 Å². The highest BCUT2D eigenvalue weighted by molar-refractivity contribution is 6.49. The van der Waals surface area contributed by atoms with Crippen molar-refractivity contribution in [3.8, 4) is 11.1 Å². The average Bonchev–Trinajstić information content (AvgIpc) is 3.07. The van der Waals surface area contributed by atoms with Crippen molar-refractivity contribution < 1.29 is 9.53 Å². The predicted octanol–water partition coefficient (Wildman–Crippen LogP) is 2.75. The van der Waals surface area contributed by atoms with Gasteiger partial charge in [0.05, 0.1) is 43.2 Å². The first-order chi connectivity index (χ1) is 15.8. The summed E-state index contributed by atoms with van der Waals surface area (Å²) in [5.41, 5.74) is 6.16. The normalized spacial score (nSPS) is 16.0. The molecule has 8 nitrogen and oxygen atoms in total. The molecule has 1 amide bonds. The van der Waals surface area contributed by atoms with Gasteiger partial charge < -0.3 is 15.0 Å². The number of carbonyl (C=O) groups is 1. The molecule has 0 unspecified atom stereocenters. The van der Waals surface area contributed by atoms with E-state index in [1.165, 1.54) is 6.20 Å². The second-order valence-electron chi connectivity index (χ2n) is 7.82. The Bertz CT molecular complexity index is 1140. The number of pyridine rings is 1. The maximum absolute atomic E-state index is 13.1. The summed E-state index contributed by atoms with van der Waals surface area (Å²) >= 11 is 0. The van der Waals surface area contributed by atoms with Crippen molar-refractivity contribution >= 4 is 23.0 Å². The van der Waals surface area contributed by atoms with Gasteiger partial charge >= 0.3 is 0 Å². The largest absolute Gasteiger partial charge is 0.378 e. The number of morpholine rings is 1. The van der Waals surface area contributed by atoms with Crippen LogP contribution in [0.1, 0.15) is 17.5 Å². The average molecular weight is 428 g/mol. The van der Waals surface area contributed by atoms with Crippen LogP contribution >= 0.6 is 0 Å². The topological polar surface area (TPSA) is 92.6 Å². The molecule has 1 saturated heterocycles. The lowest BCUT2D eigenvalue weighted by Crippen LogP contribution is -2.36. The molecule has 1 fully saturated rings. The molecule has 0 radical (unpaired) electrons. The summed E-state index contributed by atoms with van der Waals surface area (Å²) in [6.45, 7) is 3.79. The Balaban J connectivity index is 1.47. The number of benzene rings is 1. The van der Waals surface area contributed by atoms with Crippen molar-refractivity contribution in [3.05, 3.63) is 66.2 Å². The zero-order valence-electron chi connectivity index (χ0n) is 17.7. The van der Waals surface area contributed by atoms with Crippen LogP contribution in [-0.4, -0.2) is 59.6 Å². The molecule has 5 rings (SSSR count). The molecule has 0 aliphatic carbocycles. The van der Waals surface area contributed by atoms with Crippen molar-refractivity contribution in [1.82, 2.24) is 15.2 Å². The first kappa shape index (κ1) is 20.3. The number of anilines is 2. The third-order valence-electron chi connectivity index (χ3n) is 5.73. The van der Waals surface area contributed by atoms with Gasteiger partial charge in [-0.15, -0.1) is 0 Å². The molecule has 2 aliphatic heterocycles. The zero-order valence-corrected chi connectivity index (χ0v) is 17.7. The highest BCUT2D eigenvalue weighted by atomic mass is 16.5. The van der Waals surface area contributed by atoms with E-state index in [0.29, 0.717) is 17.9 Å². The minimum absolute atomic E-state index is 0.238. The van der Waals surface area contributed by atoms with E-state index in [-0.39, 0.29) is 5.91 Å². The SMILES string of the molecule is O=C(Nc1ccnnc1)C1=NCCCc2ccc(-c3cncc(N4CCOCC4)c3)cc21. The minimum Gasteiger partial charge on any atom is -0.378 e. The molecule has 8 heteroatoms. The standard InChI is InChI=1S/C24H24N6O2/c31-24(29-20-5-7-27-28-15-20)23-22-13-18(4-3-17(22)2-1-6-26-23)19-12-21(16-25-14-19)30-8-10-32-11-9-30/h3-5,7,12-16H,1-2,6,8-11H2,(H,27,29,31). The monoisotopic (exact) mass is 428 g/mol. The van der Waals surface area contributed by atoms with E-state index >= 15 is 0 Å². The van der Waals surface area contributed by atoms with Crippen molar-refractivity contribution in [2.45, 2.75) is 12.8 Å². The number of fused-ring (bicyclic) bond motifs is 1. The number of aromatic nitrogens is 3. The predicted molar refractivity (Wildman–Crippen MR) is 123 cm³/mol. The Labute approximate surface area is 186 Å². The van der Waals surface area contributed by atoms with Crippen LogP contribution in [0.2, 0.25) is 0 Å². The highest BCUT2D eigenvalue weighted by Gasteiger charge is 2.21. The lowest BCUT2D eigenvalue weighted by molar-refractivity contribution is -0.110. The maximum Gasteiger partial charge on any atom is 0.274 e. The number of hydrogen-bond donors (Lipinski definition) is 1. The number of carbonyl (C=O) groups excluding carboxylic acids is 1. The number of aryl methyl sites for hydroxylation is 1. The smallest absolute Gasteiger partial charge is 0.274 e. The van der Waals surface area contributed by atoms with Gasteiger partial charge in [-0.3, -0.25) is 14.8 Å². The van der Waals surface area contributed by atoms with E-state index in [0.717, 1.165) is 67.1 Å². The van der Waals surface area contributed by atoms with Gasteiger partial charge in [-0.05, 0) is 42.2 Å². The van der Waals surface area contributed by atoms with Crippen molar-refractivity contribution in [1.29, 1.82) is 0 Å². The quantitative estimate of drug-likeness (QED) is 0.687. The zero-order chi connectivity index (χ0) is 21.8. The molecule has 1 aromatic carbocycles. The summed E-state index contributed by atoms with van der Waals surface area (Å²) < 4.78 is 5.47. The number of aliphatic imine (C=N–C) groups is 1. The van der Waals surface area contributed by atoms with Crippen LogP contribution in [0.4, 0.5) is 11.4 Å². The molecule has 0 bridgehead atoms. The van der Waals surface area contributed by atoms with Gasteiger partial charge in [-0.1, -0.05) is 12.1 Å². The third-order valence-corrected chi connectivity index (χ3v) is 5.73. The maximum atomic E-state index is 13.1. The Morgan fingerprint density at radius 3 is 2.75 bits per heavy atom. The number of nitrogens with one attached hydrogen (secondary N) is 1. The van der Waals surface area contributed by atoms with Crippen LogP contribution < -0.4 is 10.2 Å². The van der Waals surface area contributed by atoms with Gasteiger partial charge in [-0.25, -0.2) is 0 Å². The van der Waals surface area contributed by atoms with Gasteiger partial charge in [0.15, 0.2) is 0 Å². The van der Waals surface area contributed by atoms with Crippen molar-refractivity contribution in [3.63, 3.8) is 0 Å². The highest BCUT2D eigenvalue weighted by Crippen LogP contribution is 2.28. The molecule has 0 atom stereocenters. The lowest BCUT2D eigenvalue weighted by Gasteiger charge is -2.28. The minimum atomic E-state index is -0.238. The number of rotatable bonds is 4. The second-order valence-corrected chi connectivity index (χ2v) is 7.82. The number of ether oxygens (including phenoxy) is 1. The molecule has 4 heterocycles. The molecule has 0 spiro atoms. The van der Waals surface area contributed by atoms with Crippen LogP contribution in [0.5, 0.6) is 0 Å². The summed E-state index contributed by atoms with van der Waals surface area (Å²) in [4.78, 5) is 24.4. The van der Waals surface area contributed by atoms with E-state index in [1.54, 1.807) is 12.3 Å². The van der Waals surface area contributed by atoms with Crippen LogP contribution in [0, 0.1) is 0 Å². The molecule has 32 heavy (non-hydrogen) atoms. The molecular weight excluding hydrogens is 404 g/mol. The number of hydrogen-bond acceptors (Lipinski definition) is 7. The summed E-state index contributed by atoms with van der Waals surface area (Å²) in [7, 11) is 0. The van der Waals surface area contributed by atoms with E-state index in [4.69, 9.17) is 4.74 Å². The molecule has 1 N–H and O–H groups in total. The summed E-state index contributed by atoms with van der Waals surface area (Å²) in [5, 5.41) is 10.5. The Hall–Kier alpha value is -3.65. The number of nitrogens with zero attached hydrogens (tertiary/aromatic N) is 5. The van der Waals surface area contributed by atoms with Crippen molar-refractivity contribution in [2.75, 3.05) is 43.1 Å². The van der Waals surface area contributed by atoms with Crippen LogP contribution in [0.3, 0.4) is 0 Å². The van der Waals surface area contributed by atoms with Crippen LogP contribution in [0.25, 0.3) is 11.1 Å². The van der Waals surface area contributed by atoms with Gasteiger partial charge in [0.2, 0.25) is 0 Å². The summed E-state index contributed by atoms with van der Waals surface area (Å²) in [5.74, 6) is -0.238. The summed E-state index contributed by atoms with van der Waals surface area (Å²) in [6, 6.07) is 10.1. The molecule has 3 aromatic rings. The second kappa shape index (κ2) is 9.23. The molecule has 2 aromatic heterocycles. The molecule has 2 aliphatic rings. The van der Waals surface area contributed by atoms with E-state index in [2.05, 4.69) is 54.7 Å². The van der Waals surface area contributed by atoms with Crippen LogP contribution in [0.15, 0.2) is 60.1 Å². The molecule has 162 valence electrons. The fourth-order valence-electron chi connectivity index (χ4n) is 4.07. The van der Waals surface area contributed by atoms with E-state index < -0.39 is 0 Å². The third kappa shape index (κ3) is 4.36. The Morgan fingerprint density at radius 1 is 1.00 bits per heavy atom. The van der Waals surface area contributed by atoms with Gasteiger partial charge in [-0.2, -0.15) is 10.2 Å². The first-order valence-corrected chi connectivity index (χ1v) is 10.8.